The second kappa shape index (κ2) is 8.38. The fourth-order valence-electron chi connectivity index (χ4n) is 1.21. The molecule has 16 heavy (non-hydrogen) atoms. The van der Waals surface area contributed by atoms with Gasteiger partial charge in [0.2, 0.25) is 0 Å². The highest BCUT2D eigenvalue weighted by Crippen LogP contribution is 2.13. The van der Waals surface area contributed by atoms with Crippen molar-refractivity contribution in [2.45, 2.75) is 38.8 Å². The predicted octanol–water partition coefficient (Wildman–Crippen LogP) is 1.83. The van der Waals surface area contributed by atoms with Crippen molar-refractivity contribution < 1.29 is 18.0 Å². The van der Waals surface area contributed by atoms with Crippen LogP contribution in [0.5, 0.6) is 0 Å². The summed E-state index contributed by atoms with van der Waals surface area (Å²) in [4.78, 5) is 10.4. The molecule has 0 fully saturated rings. The molecule has 0 atom stereocenters. The zero-order chi connectivity index (χ0) is 12.4. The van der Waals surface area contributed by atoms with E-state index in [2.05, 4.69) is 5.32 Å². The second-order valence-corrected chi connectivity index (χ2v) is 3.52. The van der Waals surface area contributed by atoms with Crippen LogP contribution in [0.3, 0.4) is 0 Å². The van der Waals surface area contributed by atoms with E-state index >= 15 is 0 Å². The summed E-state index contributed by atoms with van der Waals surface area (Å²) in [6, 6.07) is 0. The Morgan fingerprint density at radius 1 is 1.06 bits per heavy atom. The number of halogens is 3. The van der Waals surface area contributed by atoms with E-state index in [-0.39, 0.29) is 6.54 Å². The zero-order valence-corrected chi connectivity index (χ0v) is 9.49. The van der Waals surface area contributed by atoms with Gasteiger partial charge in [-0.3, -0.25) is 4.79 Å². The number of unbranched alkanes of at least 4 members (excludes halogenated alkanes) is 3. The lowest BCUT2D eigenvalue weighted by Crippen LogP contribution is -2.37. The smallest absolute Gasteiger partial charge is 0.348 e. The van der Waals surface area contributed by atoms with E-state index in [1.165, 1.54) is 0 Å². The molecular weight excluding hydrogens is 221 g/mol. The standard InChI is InChI=1S/C10H19F3N2O/c1-2-14-7-5-3-4-6-8-15-9(16)10(11,12)13/h14H,2-8H2,1H3,(H,15,16). The normalized spacial score (nSPS) is 11.5. The van der Waals surface area contributed by atoms with E-state index in [4.69, 9.17) is 0 Å². The summed E-state index contributed by atoms with van der Waals surface area (Å²) in [5, 5.41) is 5.00. The van der Waals surface area contributed by atoms with Crippen LogP contribution >= 0.6 is 0 Å². The molecule has 0 aromatic heterocycles. The Morgan fingerprint density at radius 3 is 2.12 bits per heavy atom. The lowest BCUT2D eigenvalue weighted by molar-refractivity contribution is -0.173. The van der Waals surface area contributed by atoms with Crippen LogP contribution in [0.1, 0.15) is 32.6 Å². The van der Waals surface area contributed by atoms with Crippen molar-refractivity contribution in [2.75, 3.05) is 19.6 Å². The van der Waals surface area contributed by atoms with Gasteiger partial charge in [-0.15, -0.1) is 0 Å². The van der Waals surface area contributed by atoms with E-state index in [1.807, 2.05) is 12.2 Å². The van der Waals surface area contributed by atoms with Crippen LogP contribution in [-0.2, 0) is 4.79 Å². The van der Waals surface area contributed by atoms with Gasteiger partial charge in [0.05, 0.1) is 0 Å². The first kappa shape index (κ1) is 15.2. The minimum absolute atomic E-state index is 0.0968. The fourth-order valence-corrected chi connectivity index (χ4v) is 1.21. The van der Waals surface area contributed by atoms with E-state index in [0.717, 1.165) is 32.4 Å². The minimum Gasteiger partial charge on any atom is -0.348 e. The molecule has 6 heteroatoms. The average molecular weight is 240 g/mol. The number of hydrogen-bond donors (Lipinski definition) is 2. The highest BCUT2D eigenvalue weighted by Gasteiger charge is 2.37. The Bertz CT molecular complexity index is 195. The molecular formula is C10H19F3N2O. The molecule has 0 rings (SSSR count). The largest absolute Gasteiger partial charge is 0.471 e. The molecule has 0 aliphatic carbocycles. The Kier molecular flexibility index (Phi) is 7.97. The quantitative estimate of drug-likeness (QED) is 0.635. The van der Waals surface area contributed by atoms with Crippen molar-refractivity contribution in [3.63, 3.8) is 0 Å². The van der Waals surface area contributed by atoms with Crippen molar-refractivity contribution in [3.05, 3.63) is 0 Å². The maximum atomic E-state index is 11.7. The lowest BCUT2D eigenvalue weighted by Gasteiger charge is -2.07. The fraction of sp³-hybridized carbons (Fsp3) is 0.900. The van der Waals surface area contributed by atoms with Gasteiger partial charge in [-0.1, -0.05) is 19.8 Å². The van der Waals surface area contributed by atoms with Crippen LogP contribution in [0.2, 0.25) is 0 Å². The molecule has 0 saturated carbocycles. The monoisotopic (exact) mass is 240 g/mol. The summed E-state index contributed by atoms with van der Waals surface area (Å²) in [6.45, 7) is 3.99. The molecule has 3 nitrogen and oxygen atoms in total. The molecule has 0 aromatic carbocycles. The minimum atomic E-state index is -4.76. The highest BCUT2D eigenvalue weighted by atomic mass is 19.4. The van der Waals surface area contributed by atoms with E-state index in [0.29, 0.717) is 6.42 Å². The van der Waals surface area contributed by atoms with E-state index in [9.17, 15) is 18.0 Å². The number of amides is 1. The predicted molar refractivity (Wildman–Crippen MR) is 56.1 cm³/mol. The van der Waals surface area contributed by atoms with Crippen LogP contribution in [0.4, 0.5) is 13.2 Å². The first-order valence-corrected chi connectivity index (χ1v) is 5.54. The summed E-state index contributed by atoms with van der Waals surface area (Å²) >= 11 is 0. The summed E-state index contributed by atoms with van der Waals surface area (Å²) in [5.74, 6) is -1.85. The van der Waals surface area contributed by atoms with Crippen molar-refractivity contribution in [1.29, 1.82) is 0 Å². The van der Waals surface area contributed by atoms with Gasteiger partial charge in [0.1, 0.15) is 0 Å². The van der Waals surface area contributed by atoms with Gasteiger partial charge in [-0.05, 0) is 25.9 Å². The first-order valence-electron chi connectivity index (χ1n) is 5.54. The third kappa shape index (κ3) is 8.52. The first-order chi connectivity index (χ1) is 7.48. The molecule has 0 bridgehead atoms. The number of carbonyl (C=O) groups excluding carboxylic acids is 1. The van der Waals surface area contributed by atoms with Crippen LogP contribution in [0.25, 0.3) is 0 Å². The second-order valence-electron chi connectivity index (χ2n) is 3.52. The van der Waals surface area contributed by atoms with Gasteiger partial charge < -0.3 is 10.6 Å². The van der Waals surface area contributed by atoms with Crippen LogP contribution in [0, 0.1) is 0 Å². The molecule has 0 radical (unpaired) electrons. The highest BCUT2D eigenvalue weighted by molar-refractivity contribution is 5.81. The van der Waals surface area contributed by atoms with Gasteiger partial charge in [0, 0.05) is 6.54 Å². The molecule has 2 N–H and O–H groups in total. The number of rotatable bonds is 8. The van der Waals surface area contributed by atoms with Crippen LogP contribution in [0.15, 0.2) is 0 Å². The van der Waals surface area contributed by atoms with Gasteiger partial charge >= 0.3 is 12.1 Å². The van der Waals surface area contributed by atoms with Gasteiger partial charge in [-0.25, -0.2) is 0 Å². The number of nitrogens with one attached hydrogen (secondary N) is 2. The van der Waals surface area contributed by atoms with Gasteiger partial charge in [0.15, 0.2) is 0 Å². The summed E-state index contributed by atoms with van der Waals surface area (Å²) in [7, 11) is 0. The van der Waals surface area contributed by atoms with Crippen molar-refractivity contribution in [3.8, 4) is 0 Å². The van der Waals surface area contributed by atoms with Gasteiger partial charge in [0.25, 0.3) is 0 Å². The van der Waals surface area contributed by atoms with E-state index < -0.39 is 12.1 Å². The third-order valence-corrected chi connectivity index (χ3v) is 2.07. The Morgan fingerprint density at radius 2 is 1.62 bits per heavy atom. The molecule has 0 spiro atoms. The Balaban J connectivity index is 3.25. The van der Waals surface area contributed by atoms with Crippen LogP contribution < -0.4 is 10.6 Å². The van der Waals surface area contributed by atoms with E-state index in [1.54, 1.807) is 0 Å². The third-order valence-electron chi connectivity index (χ3n) is 2.07. The topological polar surface area (TPSA) is 41.1 Å². The Hall–Kier alpha value is -0.780. The SMILES string of the molecule is CCNCCCCCCNC(=O)C(F)(F)F. The number of alkyl halides is 3. The summed E-state index contributed by atoms with van der Waals surface area (Å²) < 4.78 is 35.2. The van der Waals surface area contributed by atoms with Crippen LogP contribution in [-0.4, -0.2) is 31.7 Å². The lowest BCUT2D eigenvalue weighted by atomic mass is 10.2. The average Bonchev–Trinajstić information content (AvgIpc) is 2.20. The number of hydrogen-bond acceptors (Lipinski definition) is 2. The molecule has 1 amide bonds. The van der Waals surface area contributed by atoms with Crippen molar-refractivity contribution in [1.82, 2.24) is 10.6 Å². The molecule has 0 heterocycles. The molecule has 0 aliphatic heterocycles. The summed E-state index contributed by atoms with van der Waals surface area (Å²) in [6.07, 6.45) is -1.35. The molecule has 0 saturated heterocycles. The molecule has 0 unspecified atom stereocenters. The van der Waals surface area contributed by atoms with Gasteiger partial charge in [-0.2, -0.15) is 13.2 Å². The molecule has 0 aromatic rings. The maximum Gasteiger partial charge on any atom is 0.471 e. The number of carbonyl (C=O) groups is 1. The molecule has 0 aliphatic rings. The summed E-state index contributed by atoms with van der Waals surface area (Å²) in [5.41, 5.74) is 0. The Labute approximate surface area is 93.8 Å². The van der Waals surface area contributed by atoms with Crippen molar-refractivity contribution >= 4 is 5.91 Å². The van der Waals surface area contributed by atoms with Crippen molar-refractivity contribution in [2.24, 2.45) is 0 Å². The molecule has 96 valence electrons. The zero-order valence-electron chi connectivity index (χ0n) is 9.49. The maximum absolute atomic E-state index is 11.7.